The lowest BCUT2D eigenvalue weighted by atomic mass is 10.2. The smallest absolute Gasteiger partial charge is 0.255 e. The van der Waals surface area contributed by atoms with Gasteiger partial charge in [-0.2, -0.15) is 0 Å². The molecule has 0 saturated heterocycles. The van der Waals surface area contributed by atoms with E-state index in [1.165, 1.54) is 30.3 Å². The van der Waals surface area contributed by atoms with Gasteiger partial charge in [-0.05, 0) is 60.7 Å². The topological polar surface area (TPSA) is 84.5 Å². The molecule has 0 aliphatic rings. The highest BCUT2D eigenvalue weighted by molar-refractivity contribution is 7.89. The molecule has 148 valence electrons. The SMILES string of the molecule is C=CCNS(=O)(=O)c1ccc(C(=O)Nc2ccc(Oc3ccccc3)cc2)cc1. The van der Waals surface area contributed by atoms with Gasteiger partial charge in [-0.15, -0.1) is 6.58 Å². The minimum Gasteiger partial charge on any atom is -0.457 e. The molecule has 0 spiro atoms. The average molecular weight is 408 g/mol. The van der Waals surface area contributed by atoms with Crippen LogP contribution in [0, 0.1) is 0 Å². The number of rotatable bonds is 8. The molecule has 0 aliphatic heterocycles. The molecule has 0 bridgehead atoms. The third kappa shape index (κ3) is 5.54. The molecular weight excluding hydrogens is 388 g/mol. The predicted molar refractivity (Wildman–Crippen MR) is 113 cm³/mol. The Bertz CT molecular complexity index is 1080. The maximum Gasteiger partial charge on any atom is 0.255 e. The van der Waals surface area contributed by atoms with Crippen molar-refractivity contribution in [2.75, 3.05) is 11.9 Å². The normalized spacial score (nSPS) is 10.9. The fraction of sp³-hybridized carbons (Fsp3) is 0.0455. The maximum atomic E-state index is 12.4. The molecule has 0 aliphatic carbocycles. The third-order valence-corrected chi connectivity index (χ3v) is 5.38. The first-order valence-electron chi connectivity index (χ1n) is 8.83. The Morgan fingerprint density at radius 1 is 0.897 bits per heavy atom. The van der Waals surface area contributed by atoms with Crippen LogP contribution in [0.3, 0.4) is 0 Å². The quantitative estimate of drug-likeness (QED) is 0.547. The Balaban J connectivity index is 1.63. The van der Waals surface area contributed by atoms with Gasteiger partial charge in [0.2, 0.25) is 10.0 Å². The van der Waals surface area contributed by atoms with E-state index in [1.807, 2.05) is 30.3 Å². The van der Waals surface area contributed by atoms with Crippen molar-refractivity contribution in [2.45, 2.75) is 4.90 Å². The summed E-state index contributed by atoms with van der Waals surface area (Å²) in [6, 6.07) is 22.1. The van der Waals surface area contributed by atoms with Gasteiger partial charge in [-0.25, -0.2) is 13.1 Å². The van der Waals surface area contributed by atoms with Crippen molar-refractivity contribution >= 4 is 21.6 Å². The summed E-state index contributed by atoms with van der Waals surface area (Å²) >= 11 is 0. The second-order valence-electron chi connectivity index (χ2n) is 6.06. The summed E-state index contributed by atoms with van der Waals surface area (Å²) in [6.07, 6.45) is 1.45. The lowest BCUT2D eigenvalue weighted by Gasteiger charge is -2.09. The number of anilines is 1. The van der Waals surface area contributed by atoms with E-state index in [-0.39, 0.29) is 17.3 Å². The standard InChI is InChI=1S/C22H20N2O4S/c1-2-16-23-29(26,27)21-14-8-17(9-15-21)22(25)24-18-10-12-20(13-11-18)28-19-6-4-3-5-7-19/h2-15,23H,1,16H2,(H,24,25). The Hall–Kier alpha value is -3.42. The lowest BCUT2D eigenvalue weighted by molar-refractivity contribution is 0.102. The number of nitrogens with one attached hydrogen (secondary N) is 2. The average Bonchev–Trinajstić information content (AvgIpc) is 2.74. The minimum atomic E-state index is -3.62. The van der Waals surface area contributed by atoms with Crippen molar-refractivity contribution in [2.24, 2.45) is 0 Å². The molecule has 0 radical (unpaired) electrons. The molecule has 3 aromatic carbocycles. The number of amides is 1. The molecule has 0 atom stereocenters. The van der Waals surface area contributed by atoms with E-state index in [1.54, 1.807) is 24.3 Å². The molecule has 2 N–H and O–H groups in total. The molecule has 0 fully saturated rings. The van der Waals surface area contributed by atoms with Crippen molar-refractivity contribution in [3.8, 4) is 11.5 Å². The summed E-state index contributed by atoms with van der Waals surface area (Å²) in [4.78, 5) is 12.5. The van der Waals surface area contributed by atoms with Crippen LogP contribution in [0.2, 0.25) is 0 Å². The van der Waals surface area contributed by atoms with Gasteiger partial charge in [0.05, 0.1) is 4.90 Å². The van der Waals surface area contributed by atoms with E-state index in [4.69, 9.17) is 4.74 Å². The van der Waals surface area contributed by atoms with Crippen LogP contribution in [0.25, 0.3) is 0 Å². The van der Waals surface area contributed by atoms with E-state index < -0.39 is 10.0 Å². The highest BCUT2D eigenvalue weighted by atomic mass is 32.2. The summed E-state index contributed by atoms with van der Waals surface area (Å²) in [5, 5.41) is 2.77. The third-order valence-electron chi connectivity index (χ3n) is 3.94. The molecule has 0 unspecified atom stereocenters. The first-order chi connectivity index (χ1) is 14.0. The number of para-hydroxylation sites is 1. The lowest BCUT2D eigenvalue weighted by Crippen LogP contribution is -2.23. The molecule has 0 aromatic heterocycles. The summed E-state index contributed by atoms with van der Waals surface area (Å²) in [5.74, 6) is 1.03. The largest absolute Gasteiger partial charge is 0.457 e. The van der Waals surface area contributed by atoms with E-state index in [0.29, 0.717) is 17.0 Å². The van der Waals surface area contributed by atoms with Gasteiger partial charge >= 0.3 is 0 Å². The van der Waals surface area contributed by atoms with Crippen molar-refractivity contribution in [3.63, 3.8) is 0 Å². The summed E-state index contributed by atoms with van der Waals surface area (Å²) < 4.78 is 32.2. The summed E-state index contributed by atoms with van der Waals surface area (Å²) in [6.45, 7) is 3.61. The van der Waals surface area contributed by atoms with Crippen LogP contribution in [-0.2, 0) is 10.0 Å². The fourth-order valence-corrected chi connectivity index (χ4v) is 3.47. The molecule has 3 rings (SSSR count). The van der Waals surface area contributed by atoms with Gasteiger partial charge in [0, 0.05) is 17.8 Å². The zero-order valence-corrected chi connectivity index (χ0v) is 16.4. The molecule has 0 saturated carbocycles. The van der Waals surface area contributed by atoms with Crippen LogP contribution in [0.1, 0.15) is 10.4 Å². The van der Waals surface area contributed by atoms with Crippen LogP contribution >= 0.6 is 0 Å². The number of carbonyl (C=O) groups is 1. The van der Waals surface area contributed by atoms with Gasteiger partial charge in [0.15, 0.2) is 0 Å². The number of benzene rings is 3. The Labute approximate surface area is 169 Å². The number of ether oxygens (including phenoxy) is 1. The Morgan fingerprint density at radius 2 is 1.52 bits per heavy atom. The number of sulfonamides is 1. The van der Waals surface area contributed by atoms with E-state index >= 15 is 0 Å². The molecule has 1 amide bonds. The molecule has 6 nitrogen and oxygen atoms in total. The second kappa shape index (κ2) is 9.18. The van der Waals surface area contributed by atoms with Crippen molar-refractivity contribution in [3.05, 3.63) is 97.1 Å². The second-order valence-corrected chi connectivity index (χ2v) is 7.83. The first-order valence-corrected chi connectivity index (χ1v) is 10.3. The van der Waals surface area contributed by atoms with Crippen LogP contribution < -0.4 is 14.8 Å². The molecule has 29 heavy (non-hydrogen) atoms. The number of carbonyl (C=O) groups excluding carboxylic acids is 1. The summed E-state index contributed by atoms with van der Waals surface area (Å²) in [7, 11) is -3.62. The maximum absolute atomic E-state index is 12.4. The Morgan fingerprint density at radius 3 is 2.14 bits per heavy atom. The molecule has 3 aromatic rings. The van der Waals surface area contributed by atoms with Crippen molar-refractivity contribution in [1.29, 1.82) is 0 Å². The van der Waals surface area contributed by atoms with Gasteiger partial charge in [-0.3, -0.25) is 4.79 Å². The van der Waals surface area contributed by atoms with E-state index in [0.717, 1.165) is 5.75 Å². The van der Waals surface area contributed by atoms with Crippen LogP contribution in [0.15, 0.2) is 96.4 Å². The highest BCUT2D eigenvalue weighted by Crippen LogP contribution is 2.23. The van der Waals surface area contributed by atoms with E-state index in [2.05, 4.69) is 16.6 Å². The monoisotopic (exact) mass is 408 g/mol. The van der Waals surface area contributed by atoms with Gasteiger partial charge < -0.3 is 10.1 Å². The van der Waals surface area contributed by atoms with E-state index in [9.17, 15) is 13.2 Å². The molecular formula is C22H20N2O4S. The number of hydrogen-bond acceptors (Lipinski definition) is 4. The number of hydrogen-bond donors (Lipinski definition) is 2. The van der Waals surface area contributed by atoms with Crippen LogP contribution in [0.4, 0.5) is 5.69 Å². The predicted octanol–water partition coefficient (Wildman–Crippen LogP) is 4.20. The van der Waals surface area contributed by atoms with Gasteiger partial charge in [0.1, 0.15) is 11.5 Å². The first kappa shape index (κ1) is 20.3. The zero-order valence-electron chi connectivity index (χ0n) is 15.5. The molecule has 0 heterocycles. The molecule has 7 heteroatoms. The minimum absolute atomic E-state index is 0.0818. The van der Waals surface area contributed by atoms with Crippen LogP contribution in [-0.4, -0.2) is 20.9 Å². The van der Waals surface area contributed by atoms with Gasteiger partial charge in [-0.1, -0.05) is 24.3 Å². The summed E-state index contributed by atoms with van der Waals surface area (Å²) in [5.41, 5.74) is 0.942. The fourth-order valence-electron chi connectivity index (χ4n) is 2.47. The zero-order chi connectivity index (χ0) is 20.7. The van der Waals surface area contributed by atoms with Gasteiger partial charge in [0.25, 0.3) is 5.91 Å². The Kier molecular flexibility index (Phi) is 6.43. The van der Waals surface area contributed by atoms with Crippen molar-refractivity contribution < 1.29 is 17.9 Å². The van der Waals surface area contributed by atoms with Crippen LogP contribution in [0.5, 0.6) is 11.5 Å². The highest BCUT2D eigenvalue weighted by Gasteiger charge is 2.14. The van der Waals surface area contributed by atoms with Crippen molar-refractivity contribution in [1.82, 2.24) is 4.72 Å².